The molecule has 1 N–H and O–H groups in total. The maximum Gasteiger partial charge on any atom is 0.227 e. The lowest BCUT2D eigenvalue weighted by Gasteiger charge is -2.08. The highest BCUT2D eigenvalue weighted by Gasteiger charge is 2.08. The number of hydrogen-bond donors (Lipinski definition) is 1. The van der Waals surface area contributed by atoms with Gasteiger partial charge in [0.05, 0.1) is 23.7 Å². The number of hydrogen-bond acceptors (Lipinski definition) is 4. The van der Waals surface area contributed by atoms with E-state index in [1.165, 1.54) is 0 Å². The Balaban J connectivity index is 1.32. The fourth-order valence-corrected chi connectivity index (χ4v) is 4.05. The molecule has 0 fully saturated rings. The molecule has 3 aromatic carbocycles. The summed E-state index contributed by atoms with van der Waals surface area (Å²) in [7, 11) is 0. The summed E-state index contributed by atoms with van der Waals surface area (Å²) in [4.78, 5) is 16.9. The number of anilines is 1. The zero-order chi connectivity index (χ0) is 21.6. The number of amides is 1. The molecule has 0 aliphatic rings. The van der Waals surface area contributed by atoms with Crippen molar-refractivity contribution in [2.45, 2.75) is 6.42 Å². The van der Waals surface area contributed by atoms with Crippen LogP contribution in [0.2, 0.25) is 10.0 Å². The van der Waals surface area contributed by atoms with Gasteiger partial charge >= 0.3 is 0 Å². The molecule has 156 valence electrons. The van der Waals surface area contributed by atoms with Gasteiger partial charge in [0.15, 0.2) is 0 Å². The molecule has 0 aliphatic heterocycles. The van der Waals surface area contributed by atoms with Crippen molar-refractivity contribution in [1.82, 2.24) is 4.98 Å². The van der Waals surface area contributed by atoms with Gasteiger partial charge in [-0.2, -0.15) is 0 Å². The molecule has 1 heterocycles. The molecule has 7 heteroatoms. The summed E-state index contributed by atoms with van der Waals surface area (Å²) in [5, 5.41) is 7.06. The number of ether oxygens (including phenoxy) is 1. The number of nitrogens with zero attached hydrogens (tertiary/aromatic N) is 1. The van der Waals surface area contributed by atoms with E-state index in [4.69, 9.17) is 32.9 Å². The van der Waals surface area contributed by atoms with E-state index in [-0.39, 0.29) is 18.9 Å². The van der Waals surface area contributed by atoms with Crippen molar-refractivity contribution in [3.05, 3.63) is 88.2 Å². The predicted octanol–water partition coefficient (Wildman–Crippen LogP) is 7.19. The maximum absolute atomic E-state index is 12.2. The lowest BCUT2D eigenvalue weighted by Crippen LogP contribution is -2.15. The van der Waals surface area contributed by atoms with Gasteiger partial charge < -0.3 is 10.1 Å². The van der Waals surface area contributed by atoms with E-state index in [2.05, 4.69) is 5.32 Å². The van der Waals surface area contributed by atoms with Gasteiger partial charge in [-0.25, -0.2) is 4.98 Å². The second-order valence-electron chi connectivity index (χ2n) is 6.70. The second kappa shape index (κ2) is 9.96. The van der Waals surface area contributed by atoms with Crippen molar-refractivity contribution in [2.24, 2.45) is 0 Å². The molecule has 31 heavy (non-hydrogen) atoms. The first-order valence-corrected chi connectivity index (χ1v) is 11.2. The Labute approximate surface area is 194 Å². The molecule has 4 aromatic rings. The molecule has 0 saturated carbocycles. The number of aromatic nitrogens is 1. The fourth-order valence-electron chi connectivity index (χ4n) is 2.89. The Hall–Kier alpha value is -2.86. The van der Waals surface area contributed by atoms with Crippen molar-refractivity contribution in [2.75, 3.05) is 11.9 Å². The maximum atomic E-state index is 12.2. The van der Waals surface area contributed by atoms with Crippen LogP contribution in [0.4, 0.5) is 5.69 Å². The minimum absolute atomic E-state index is 0.126. The highest BCUT2D eigenvalue weighted by Crippen LogP contribution is 2.30. The van der Waals surface area contributed by atoms with Crippen LogP contribution in [0.15, 0.2) is 78.2 Å². The van der Waals surface area contributed by atoms with Crippen molar-refractivity contribution >= 4 is 46.1 Å². The topological polar surface area (TPSA) is 51.2 Å². The van der Waals surface area contributed by atoms with E-state index in [9.17, 15) is 4.79 Å². The van der Waals surface area contributed by atoms with Crippen LogP contribution in [0.5, 0.6) is 5.75 Å². The normalized spacial score (nSPS) is 10.6. The molecule has 1 aromatic heterocycles. The Morgan fingerprint density at radius 3 is 2.39 bits per heavy atom. The summed E-state index contributed by atoms with van der Waals surface area (Å²) < 4.78 is 5.56. The molecule has 4 rings (SSSR count). The summed E-state index contributed by atoms with van der Waals surface area (Å²) >= 11 is 13.6. The summed E-state index contributed by atoms with van der Waals surface area (Å²) in [6.07, 6.45) is 0.226. The number of rotatable bonds is 7. The Morgan fingerprint density at radius 2 is 1.65 bits per heavy atom. The van der Waals surface area contributed by atoms with Gasteiger partial charge in [0, 0.05) is 27.2 Å². The fraction of sp³-hybridized carbons (Fsp3) is 0.0833. The summed E-state index contributed by atoms with van der Waals surface area (Å²) in [6, 6.07) is 22.4. The van der Waals surface area contributed by atoms with Crippen molar-refractivity contribution < 1.29 is 9.53 Å². The van der Waals surface area contributed by atoms with Crippen LogP contribution < -0.4 is 10.1 Å². The van der Waals surface area contributed by atoms with Crippen LogP contribution in [-0.4, -0.2) is 17.5 Å². The molecule has 0 bridgehead atoms. The number of thiazole rings is 1. The van der Waals surface area contributed by atoms with Gasteiger partial charge in [0.25, 0.3) is 0 Å². The standard InChI is InChI=1S/C24H18Cl2N2O2S/c25-18-9-5-17(6-10-18)24-28-21(15-31-24)16-7-11-19(12-8-16)27-23(29)13-14-30-22-4-2-1-3-20(22)26/h1-12,15H,13-14H2,(H,27,29). The number of carbonyl (C=O) groups excluding carboxylic acids is 1. The molecule has 0 saturated heterocycles. The van der Waals surface area contributed by atoms with E-state index < -0.39 is 0 Å². The Morgan fingerprint density at radius 1 is 0.935 bits per heavy atom. The average Bonchev–Trinajstić information content (AvgIpc) is 3.26. The third-order valence-electron chi connectivity index (χ3n) is 4.48. The molecule has 4 nitrogen and oxygen atoms in total. The van der Waals surface area contributed by atoms with Gasteiger partial charge in [-0.15, -0.1) is 11.3 Å². The number of halogens is 2. The van der Waals surface area contributed by atoms with Gasteiger partial charge in [-0.05, 0) is 36.4 Å². The largest absolute Gasteiger partial charge is 0.491 e. The smallest absolute Gasteiger partial charge is 0.227 e. The van der Waals surface area contributed by atoms with Crippen molar-refractivity contribution in [3.63, 3.8) is 0 Å². The molecule has 0 atom stereocenters. The van der Waals surface area contributed by atoms with Crippen LogP contribution in [-0.2, 0) is 4.79 Å². The molecule has 0 unspecified atom stereocenters. The van der Waals surface area contributed by atoms with E-state index >= 15 is 0 Å². The number of nitrogens with one attached hydrogen (secondary N) is 1. The third-order valence-corrected chi connectivity index (χ3v) is 5.94. The minimum atomic E-state index is -0.126. The number of carbonyl (C=O) groups is 1. The zero-order valence-electron chi connectivity index (χ0n) is 16.3. The molecular formula is C24H18Cl2N2O2S. The first kappa shape index (κ1) is 21.4. The van der Waals surface area contributed by atoms with Gasteiger partial charge in [-0.3, -0.25) is 4.79 Å². The first-order valence-electron chi connectivity index (χ1n) is 9.57. The summed E-state index contributed by atoms with van der Waals surface area (Å²) in [5.74, 6) is 0.445. The monoisotopic (exact) mass is 468 g/mol. The third kappa shape index (κ3) is 5.64. The van der Waals surface area contributed by atoms with Gasteiger partial charge in [-0.1, -0.05) is 59.6 Å². The van der Waals surface area contributed by atoms with Crippen LogP contribution in [0.1, 0.15) is 6.42 Å². The second-order valence-corrected chi connectivity index (χ2v) is 8.40. The molecule has 0 aliphatic carbocycles. The van der Waals surface area contributed by atoms with Gasteiger partial charge in [0.1, 0.15) is 10.8 Å². The Kier molecular flexibility index (Phi) is 6.87. The van der Waals surface area contributed by atoms with E-state index in [1.54, 1.807) is 23.5 Å². The average molecular weight is 469 g/mol. The SMILES string of the molecule is O=C(CCOc1ccccc1Cl)Nc1ccc(-c2csc(-c3ccc(Cl)cc3)n2)cc1. The lowest BCUT2D eigenvalue weighted by atomic mass is 10.1. The zero-order valence-corrected chi connectivity index (χ0v) is 18.7. The quantitative estimate of drug-likeness (QED) is 0.312. The molecular weight excluding hydrogens is 451 g/mol. The number of benzene rings is 3. The minimum Gasteiger partial charge on any atom is -0.491 e. The molecule has 0 spiro atoms. The van der Waals surface area contributed by atoms with E-state index in [0.717, 1.165) is 27.5 Å². The van der Waals surface area contributed by atoms with E-state index in [1.807, 2.05) is 66.0 Å². The summed E-state index contributed by atoms with van der Waals surface area (Å²) in [5.41, 5.74) is 3.63. The van der Waals surface area contributed by atoms with Gasteiger partial charge in [0.2, 0.25) is 5.91 Å². The molecule has 0 radical (unpaired) electrons. The van der Waals surface area contributed by atoms with Crippen LogP contribution in [0.25, 0.3) is 21.8 Å². The van der Waals surface area contributed by atoms with Crippen LogP contribution in [0.3, 0.4) is 0 Å². The van der Waals surface area contributed by atoms with E-state index in [0.29, 0.717) is 15.8 Å². The lowest BCUT2D eigenvalue weighted by molar-refractivity contribution is -0.116. The highest BCUT2D eigenvalue weighted by atomic mass is 35.5. The highest BCUT2D eigenvalue weighted by molar-refractivity contribution is 7.13. The van der Waals surface area contributed by atoms with Crippen LogP contribution >= 0.6 is 34.5 Å². The summed E-state index contributed by atoms with van der Waals surface area (Å²) in [6.45, 7) is 0.250. The van der Waals surface area contributed by atoms with Crippen molar-refractivity contribution in [3.8, 4) is 27.6 Å². The Bertz CT molecular complexity index is 1170. The van der Waals surface area contributed by atoms with Crippen molar-refractivity contribution in [1.29, 1.82) is 0 Å². The predicted molar refractivity (Wildman–Crippen MR) is 128 cm³/mol. The number of para-hydroxylation sites is 1. The molecule has 1 amide bonds. The first-order chi connectivity index (χ1) is 15.1. The van der Waals surface area contributed by atoms with Crippen LogP contribution in [0, 0.1) is 0 Å².